The number of halogens is 1. The van der Waals surface area contributed by atoms with E-state index in [1.807, 2.05) is 25.1 Å². The minimum absolute atomic E-state index is 0.173. The Morgan fingerprint density at radius 3 is 2.89 bits per heavy atom. The van der Waals surface area contributed by atoms with Crippen LogP contribution in [0.25, 0.3) is 11.3 Å². The van der Waals surface area contributed by atoms with Crippen LogP contribution in [0, 0.1) is 6.92 Å². The number of aryl methyl sites for hydroxylation is 1. The van der Waals surface area contributed by atoms with Gasteiger partial charge in [0.25, 0.3) is 0 Å². The van der Waals surface area contributed by atoms with Gasteiger partial charge in [-0.15, -0.1) is 0 Å². The molecule has 1 heterocycles. The molecule has 0 unspecified atom stereocenters. The second-order valence-corrected chi connectivity index (χ2v) is 4.87. The molecule has 3 nitrogen and oxygen atoms in total. The van der Waals surface area contributed by atoms with Gasteiger partial charge in [0.1, 0.15) is 12.4 Å². The molecule has 0 N–H and O–H groups in total. The van der Waals surface area contributed by atoms with Crippen molar-refractivity contribution in [3.05, 3.63) is 58.8 Å². The molecule has 1 aromatic heterocycles. The molecule has 4 heteroatoms. The van der Waals surface area contributed by atoms with E-state index in [9.17, 15) is 4.79 Å². The van der Waals surface area contributed by atoms with Gasteiger partial charge >= 0.3 is 5.97 Å². The minimum Gasteiger partial charge on any atom is -0.456 e. The second-order valence-electron chi connectivity index (χ2n) is 4.01. The van der Waals surface area contributed by atoms with E-state index in [0.717, 1.165) is 15.6 Å². The highest BCUT2D eigenvalue weighted by atomic mass is 79.9. The zero-order chi connectivity index (χ0) is 13.8. The fourth-order valence-electron chi connectivity index (χ4n) is 1.61. The van der Waals surface area contributed by atoms with Crippen molar-refractivity contribution in [2.75, 3.05) is 6.61 Å². The smallest absolute Gasteiger partial charge is 0.374 e. The Balaban J connectivity index is 2.22. The maximum Gasteiger partial charge on any atom is 0.374 e. The van der Waals surface area contributed by atoms with Gasteiger partial charge in [0, 0.05) is 10.0 Å². The molecule has 0 aliphatic heterocycles. The van der Waals surface area contributed by atoms with E-state index < -0.39 is 5.97 Å². The van der Waals surface area contributed by atoms with Crippen LogP contribution in [0.5, 0.6) is 0 Å². The lowest BCUT2D eigenvalue weighted by Crippen LogP contribution is -2.03. The molecule has 98 valence electrons. The van der Waals surface area contributed by atoms with Gasteiger partial charge in [0.2, 0.25) is 5.76 Å². The van der Waals surface area contributed by atoms with Gasteiger partial charge < -0.3 is 9.15 Å². The Morgan fingerprint density at radius 1 is 1.42 bits per heavy atom. The molecule has 0 spiro atoms. The molecule has 19 heavy (non-hydrogen) atoms. The Morgan fingerprint density at radius 2 is 2.21 bits per heavy atom. The van der Waals surface area contributed by atoms with Crippen LogP contribution < -0.4 is 0 Å². The summed E-state index contributed by atoms with van der Waals surface area (Å²) in [7, 11) is 0. The first kappa shape index (κ1) is 13.6. The molecule has 2 rings (SSSR count). The van der Waals surface area contributed by atoms with Crippen molar-refractivity contribution in [2.24, 2.45) is 0 Å². The highest BCUT2D eigenvalue weighted by Crippen LogP contribution is 2.26. The molecule has 0 atom stereocenters. The van der Waals surface area contributed by atoms with Crippen LogP contribution >= 0.6 is 15.9 Å². The van der Waals surface area contributed by atoms with Crippen molar-refractivity contribution in [2.45, 2.75) is 6.92 Å². The van der Waals surface area contributed by atoms with Crippen LogP contribution in [-0.4, -0.2) is 12.6 Å². The van der Waals surface area contributed by atoms with Gasteiger partial charge in [-0.05, 0) is 36.8 Å². The number of ether oxygens (including phenoxy) is 1. The molecule has 0 radical (unpaired) electrons. The van der Waals surface area contributed by atoms with Gasteiger partial charge in [-0.3, -0.25) is 0 Å². The SMILES string of the molecule is C=CCOC(=O)c1ccc(-c2ccc(Br)c(C)c2)o1. The summed E-state index contributed by atoms with van der Waals surface area (Å²) < 4.78 is 11.4. The monoisotopic (exact) mass is 320 g/mol. The van der Waals surface area contributed by atoms with Crippen molar-refractivity contribution in [3.8, 4) is 11.3 Å². The summed E-state index contributed by atoms with van der Waals surface area (Å²) in [6.45, 7) is 5.65. The summed E-state index contributed by atoms with van der Waals surface area (Å²) >= 11 is 3.44. The zero-order valence-corrected chi connectivity index (χ0v) is 12.1. The first-order valence-corrected chi connectivity index (χ1v) is 6.55. The third kappa shape index (κ3) is 3.15. The van der Waals surface area contributed by atoms with E-state index in [2.05, 4.69) is 22.5 Å². The van der Waals surface area contributed by atoms with Gasteiger partial charge in [0.15, 0.2) is 0 Å². The van der Waals surface area contributed by atoms with Crippen LogP contribution in [0.1, 0.15) is 16.1 Å². The van der Waals surface area contributed by atoms with Crippen LogP contribution in [0.4, 0.5) is 0 Å². The second kappa shape index (κ2) is 5.89. The number of benzene rings is 1. The van der Waals surface area contributed by atoms with Crippen LogP contribution in [-0.2, 0) is 4.74 Å². The van der Waals surface area contributed by atoms with Crippen LogP contribution in [0.3, 0.4) is 0 Å². The first-order valence-electron chi connectivity index (χ1n) is 5.76. The molecule has 2 aromatic rings. The molecule has 0 saturated carbocycles. The van der Waals surface area contributed by atoms with E-state index in [-0.39, 0.29) is 12.4 Å². The van der Waals surface area contributed by atoms with Gasteiger partial charge in [-0.2, -0.15) is 0 Å². The quantitative estimate of drug-likeness (QED) is 0.620. The van der Waals surface area contributed by atoms with E-state index in [0.29, 0.717) is 5.76 Å². The number of esters is 1. The molecule has 0 amide bonds. The molecule has 0 fully saturated rings. The Labute approximate surface area is 120 Å². The maximum atomic E-state index is 11.6. The van der Waals surface area contributed by atoms with Crippen molar-refractivity contribution >= 4 is 21.9 Å². The lowest BCUT2D eigenvalue weighted by Gasteiger charge is -2.01. The van der Waals surface area contributed by atoms with Crippen molar-refractivity contribution in [1.82, 2.24) is 0 Å². The Bertz CT molecular complexity index is 614. The summed E-state index contributed by atoms with van der Waals surface area (Å²) in [6.07, 6.45) is 1.51. The van der Waals surface area contributed by atoms with Crippen LogP contribution in [0.15, 0.2) is 51.9 Å². The van der Waals surface area contributed by atoms with E-state index in [4.69, 9.17) is 9.15 Å². The highest BCUT2D eigenvalue weighted by Gasteiger charge is 2.13. The predicted octanol–water partition coefficient (Wildman–Crippen LogP) is 4.36. The third-order valence-electron chi connectivity index (χ3n) is 2.58. The van der Waals surface area contributed by atoms with Gasteiger partial charge in [0.05, 0.1) is 0 Å². The lowest BCUT2D eigenvalue weighted by molar-refractivity contribution is 0.0514. The standard InChI is InChI=1S/C15H13BrO3/c1-3-8-18-15(17)14-7-6-13(19-14)11-4-5-12(16)10(2)9-11/h3-7,9H,1,8H2,2H3. The molecule has 0 aliphatic rings. The van der Waals surface area contributed by atoms with Crippen molar-refractivity contribution < 1.29 is 13.9 Å². The first-order chi connectivity index (χ1) is 9.11. The lowest BCUT2D eigenvalue weighted by atomic mass is 10.1. The average Bonchev–Trinajstić information content (AvgIpc) is 2.89. The fourth-order valence-corrected chi connectivity index (χ4v) is 1.85. The van der Waals surface area contributed by atoms with E-state index >= 15 is 0 Å². The number of hydrogen-bond acceptors (Lipinski definition) is 3. The summed E-state index contributed by atoms with van der Waals surface area (Å²) in [5, 5.41) is 0. The number of rotatable bonds is 4. The number of hydrogen-bond donors (Lipinski definition) is 0. The molecule has 0 aliphatic carbocycles. The molecular weight excluding hydrogens is 308 g/mol. The maximum absolute atomic E-state index is 11.6. The van der Waals surface area contributed by atoms with Gasteiger partial charge in [-0.1, -0.05) is 34.7 Å². The normalized spacial score (nSPS) is 10.2. The minimum atomic E-state index is -0.486. The topological polar surface area (TPSA) is 39.4 Å². The third-order valence-corrected chi connectivity index (χ3v) is 3.47. The molecule has 0 bridgehead atoms. The number of carbonyl (C=O) groups excluding carboxylic acids is 1. The van der Waals surface area contributed by atoms with E-state index in [1.54, 1.807) is 12.1 Å². The number of carbonyl (C=O) groups is 1. The highest BCUT2D eigenvalue weighted by molar-refractivity contribution is 9.10. The van der Waals surface area contributed by atoms with Crippen molar-refractivity contribution in [1.29, 1.82) is 0 Å². The predicted molar refractivity (Wildman–Crippen MR) is 77.1 cm³/mol. The Hall–Kier alpha value is -1.81. The molecule has 1 aromatic carbocycles. The summed E-state index contributed by atoms with van der Waals surface area (Å²) in [6, 6.07) is 9.23. The van der Waals surface area contributed by atoms with Crippen LogP contribution in [0.2, 0.25) is 0 Å². The Kier molecular flexibility index (Phi) is 4.22. The number of furan rings is 1. The fraction of sp³-hybridized carbons (Fsp3) is 0.133. The van der Waals surface area contributed by atoms with Gasteiger partial charge in [-0.25, -0.2) is 4.79 Å². The summed E-state index contributed by atoms with van der Waals surface area (Å²) in [4.78, 5) is 11.6. The van der Waals surface area contributed by atoms with Crippen molar-refractivity contribution in [3.63, 3.8) is 0 Å². The summed E-state index contributed by atoms with van der Waals surface area (Å²) in [5.41, 5.74) is 2.02. The molecular formula is C15H13BrO3. The average molecular weight is 321 g/mol. The molecule has 0 saturated heterocycles. The largest absolute Gasteiger partial charge is 0.456 e. The zero-order valence-electron chi connectivity index (χ0n) is 10.5. The van der Waals surface area contributed by atoms with E-state index in [1.165, 1.54) is 6.08 Å². The summed E-state index contributed by atoms with van der Waals surface area (Å²) in [5.74, 6) is 0.346.